The van der Waals surface area contributed by atoms with Gasteiger partial charge < -0.3 is 14.8 Å². The first-order valence-electron chi connectivity index (χ1n) is 7.40. The van der Waals surface area contributed by atoms with Gasteiger partial charge in [0, 0.05) is 7.05 Å². The summed E-state index contributed by atoms with van der Waals surface area (Å²) in [5.41, 5.74) is -0.515. The largest absolute Gasteiger partial charge is 0.451 e. The number of carbonyl (C=O) groups excluding carboxylic acids is 2. The van der Waals surface area contributed by atoms with Gasteiger partial charge in [0.25, 0.3) is 5.91 Å². The number of rotatable bonds is 7. The van der Waals surface area contributed by atoms with Crippen LogP contribution in [0.5, 0.6) is 5.75 Å². The first-order valence-corrected chi connectivity index (χ1v) is 7.40. The summed E-state index contributed by atoms with van der Waals surface area (Å²) in [7, 11) is 1.46. The molecule has 0 saturated heterocycles. The molecule has 0 aliphatic heterocycles. The summed E-state index contributed by atoms with van der Waals surface area (Å²) in [6.07, 6.45) is -0.00683. The summed E-state index contributed by atoms with van der Waals surface area (Å²) < 4.78 is 36.0. The number of amides is 1. The summed E-state index contributed by atoms with van der Waals surface area (Å²) in [6, 6.07) is 5.59. The summed E-state index contributed by atoms with van der Waals surface area (Å²) in [6.45, 7) is -2.23. The second kappa shape index (κ2) is 8.23. The smallest absolute Gasteiger partial charge is 0.387 e. The molecular formula is C15H16F2N4O5. The van der Waals surface area contributed by atoms with Crippen LogP contribution in [-0.4, -0.2) is 38.9 Å². The van der Waals surface area contributed by atoms with Crippen LogP contribution in [0, 0.1) is 0 Å². The fraction of sp³-hybridized carbons (Fsp3) is 0.333. The van der Waals surface area contributed by atoms with Crippen molar-refractivity contribution in [2.24, 2.45) is 7.05 Å². The molecule has 140 valence electrons. The fourth-order valence-corrected chi connectivity index (χ4v) is 1.94. The lowest BCUT2D eigenvalue weighted by molar-refractivity contribution is -0.154. The van der Waals surface area contributed by atoms with Gasteiger partial charge in [0.1, 0.15) is 18.6 Å². The van der Waals surface area contributed by atoms with E-state index in [1.54, 1.807) is 0 Å². The van der Waals surface area contributed by atoms with Gasteiger partial charge in [-0.25, -0.2) is 9.48 Å². The van der Waals surface area contributed by atoms with Crippen LogP contribution >= 0.6 is 0 Å². The Morgan fingerprint density at radius 1 is 1.31 bits per heavy atom. The minimum Gasteiger partial charge on any atom is -0.451 e. The Morgan fingerprint density at radius 3 is 2.62 bits per heavy atom. The number of anilines is 1. The lowest BCUT2D eigenvalue weighted by Crippen LogP contribution is -2.33. The number of ether oxygens (including phenoxy) is 2. The van der Waals surface area contributed by atoms with Crippen LogP contribution in [-0.2, 0) is 27.9 Å². The van der Waals surface area contributed by atoms with Crippen LogP contribution in [0.2, 0.25) is 0 Å². The lowest BCUT2D eigenvalue weighted by atomic mass is 10.2. The monoisotopic (exact) mass is 370 g/mol. The van der Waals surface area contributed by atoms with E-state index < -0.39 is 36.8 Å². The average Bonchev–Trinajstić information content (AvgIpc) is 2.88. The van der Waals surface area contributed by atoms with Crippen molar-refractivity contribution >= 4 is 17.6 Å². The molecule has 0 aliphatic carbocycles. The van der Waals surface area contributed by atoms with E-state index in [-0.39, 0.29) is 11.4 Å². The van der Waals surface area contributed by atoms with E-state index in [4.69, 9.17) is 4.74 Å². The lowest BCUT2D eigenvalue weighted by Gasteiger charge is -2.15. The second-order valence-corrected chi connectivity index (χ2v) is 5.18. The molecule has 0 unspecified atom stereocenters. The molecule has 11 heteroatoms. The molecule has 0 saturated carbocycles. The van der Waals surface area contributed by atoms with Gasteiger partial charge in [-0.05, 0) is 19.1 Å². The van der Waals surface area contributed by atoms with Gasteiger partial charge in [0.2, 0.25) is 0 Å². The third kappa shape index (κ3) is 4.88. The highest BCUT2D eigenvalue weighted by molar-refractivity contribution is 5.96. The highest BCUT2D eigenvalue weighted by Crippen LogP contribution is 2.25. The molecule has 1 aromatic heterocycles. The van der Waals surface area contributed by atoms with Gasteiger partial charge in [-0.2, -0.15) is 13.9 Å². The van der Waals surface area contributed by atoms with Crippen LogP contribution < -0.4 is 15.7 Å². The number of aryl methyl sites for hydroxylation is 1. The zero-order valence-corrected chi connectivity index (χ0v) is 13.9. The molecule has 1 amide bonds. The number of benzene rings is 1. The van der Waals surface area contributed by atoms with E-state index in [9.17, 15) is 23.2 Å². The van der Waals surface area contributed by atoms with Gasteiger partial charge in [-0.1, -0.05) is 12.1 Å². The van der Waals surface area contributed by atoms with Crippen molar-refractivity contribution in [2.75, 3.05) is 5.32 Å². The van der Waals surface area contributed by atoms with Crippen molar-refractivity contribution in [2.45, 2.75) is 26.2 Å². The first kappa shape index (κ1) is 19.1. The van der Waals surface area contributed by atoms with Crippen LogP contribution in [0.1, 0.15) is 6.92 Å². The quantitative estimate of drug-likeness (QED) is 0.722. The maximum atomic E-state index is 12.4. The number of esters is 1. The third-order valence-corrected chi connectivity index (χ3v) is 3.20. The van der Waals surface area contributed by atoms with E-state index in [0.29, 0.717) is 0 Å². The molecule has 26 heavy (non-hydrogen) atoms. The van der Waals surface area contributed by atoms with Gasteiger partial charge in [-0.3, -0.25) is 14.2 Å². The summed E-state index contributed by atoms with van der Waals surface area (Å²) in [4.78, 5) is 35.5. The molecule has 0 radical (unpaired) electrons. The number of alkyl halides is 2. The SMILES string of the molecule is C[C@@H](OC(=O)Cn1ncn(C)c1=O)C(=O)Nc1ccccc1OC(F)F. The zero-order chi connectivity index (χ0) is 19.3. The number of hydrogen-bond donors (Lipinski definition) is 1. The van der Waals surface area contributed by atoms with Crippen molar-refractivity contribution in [3.8, 4) is 5.75 Å². The number of carbonyl (C=O) groups is 2. The van der Waals surface area contributed by atoms with Crippen LogP contribution in [0.25, 0.3) is 0 Å². The van der Waals surface area contributed by atoms with Crippen molar-refractivity contribution in [3.05, 3.63) is 41.1 Å². The Bertz CT molecular complexity index is 849. The van der Waals surface area contributed by atoms with Crippen LogP contribution in [0.3, 0.4) is 0 Å². The van der Waals surface area contributed by atoms with E-state index in [2.05, 4.69) is 15.2 Å². The number of halogens is 2. The fourth-order valence-electron chi connectivity index (χ4n) is 1.94. The van der Waals surface area contributed by atoms with E-state index in [1.807, 2.05) is 0 Å². The van der Waals surface area contributed by atoms with Gasteiger partial charge in [-0.15, -0.1) is 0 Å². The molecule has 0 fully saturated rings. The second-order valence-electron chi connectivity index (χ2n) is 5.18. The Balaban J connectivity index is 1.96. The number of nitrogens with zero attached hydrogens (tertiary/aromatic N) is 3. The Labute approximate surface area is 146 Å². The molecule has 0 aliphatic rings. The molecule has 1 N–H and O–H groups in total. The minimum atomic E-state index is -3.06. The molecular weight excluding hydrogens is 354 g/mol. The Morgan fingerprint density at radius 2 is 2.00 bits per heavy atom. The average molecular weight is 370 g/mol. The molecule has 9 nitrogen and oxygen atoms in total. The molecule has 2 aromatic rings. The molecule has 1 heterocycles. The van der Waals surface area contributed by atoms with Crippen LogP contribution in [0.15, 0.2) is 35.4 Å². The molecule has 0 spiro atoms. The van der Waals surface area contributed by atoms with Crippen molar-refractivity contribution in [3.63, 3.8) is 0 Å². The molecule has 2 rings (SSSR count). The number of aromatic nitrogens is 3. The highest BCUT2D eigenvalue weighted by atomic mass is 19.3. The predicted octanol–water partition coefficient (Wildman–Crippen LogP) is 0.754. The van der Waals surface area contributed by atoms with E-state index in [1.165, 1.54) is 49.1 Å². The number of hydrogen-bond acceptors (Lipinski definition) is 6. The predicted molar refractivity (Wildman–Crippen MR) is 84.7 cm³/mol. The van der Waals surface area contributed by atoms with Crippen molar-refractivity contribution < 1.29 is 27.8 Å². The summed E-state index contributed by atoms with van der Waals surface area (Å²) in [5.74, 6) is -1.84. The van der Waals surface area contributed by atoms with Gasteiger partial charge in [0.05, 0.1) is 5.69 Å². The summed E-state index contributed by atoms with van der Waals surface area (Å²) in [5, 5.41) is 6.03. The molecule has 1 atom stereocenters. The maximum Gasteiger partial charge on any atom is 0.387 e. The number of nitrogens with one attached hydrogen (secondary N) is 1. The topological polar surface area (TPSA) is 104 Å². The maximum absolute atomic E-state index is 12.4. The number of para-hydroxylation sites is 2. The standard InChI is InChI=1S/C15H16F2N4O5/c1-9(25-12(22)7-21-15(24)20(2)8-18-21)13(23)19-10-5-3-4-6-11(10)26-14(16)17/h3-6,8-9,14H,7H2,1-2H3,(H,19,23)/t9-/m1/s1. The molecule has 0 bridgehead atoms. The van der Waals surface area contributed by atoms with E-state index >= 15 is 0 Å². The zero-order valence-electron chi connectivity index (χ0n) is 13.9. The van der Waals surface area contributed by atoms with Crippen molar-refractivity contribution in [1.82, 2.24) is 14.3 Å². The highest BCUT2D eigenvalue weighted by Gasteiger charge is 2.21. The minimum absolute atomic E-state index is 0.00152. The molecule has 1 aromatic carbocycles. The Hall–Kier alpha value is -3.24. The third-order valence-electron chi connectivity index (χ3n) is 3.20. The van der Waals surface area contributed by atoms with Gasteiger partial charge in [0.15, 0.2) is 6.10 Å². The Kier molecular flexibility index (Phi) is 6.04. The van der Waals surface area contributed by atoms with Crippen molar-refractivity contribution in [1.29, 1.82) is 0 Å². The summed E-state index contributed by atoms with van der Waals surface area (Å²) >= 11 is 0. The first-order chi connectivity index (χ1) is 12.3. The van der Waals surface area contributed by atoms with E-state index in [0.717, 1.165) is 4.68 Å². The van der Waals surface area contributed by atoms with Gasteiger partial charge >= 0.3 is 18.3 Å². The van der Waals surface area contributed by atoms with Crippen LogP contribution in [0.4, 0.5) is 14.5 Å². The normalized spacial score (nSPS) is 11.9.